The van der Waals surface area contributed by atoms with Gasteiger partial charge in [0, 0.05) is 6.42 Å². The van der Waals surface area contributed by atoms with E-state index in [0.717, 1.165) is 64.2 Å². The predicted octanol–water partition coefficient (Wildman–Crippen LogP) is 10.2. The summed E-state index contributed by atoms with van der Waals surface area (Å²) in [6.45, 7) is 1.67. The molecule has 19 heteroatoms. The maximum Gasteiger partial charge on any atom is 0.220 e. The molecule has 3 fully saturated rings. The Hall–Kier alpha value is -2.25. The minimum atomic E-state index is -1.98. The Balaban J connectivity index is 1.38. The number of carbonyl (C=O) groups excluding carboxylic acids is 1. The molecule has 3 aliphatic heterocycles. The fourth-order valence-electron chi connectivity index (χ4n) is 12.3. The van der Waals surface area contributed by atoms with Crippen molar-refractivity contribution in [3.8, 4) is 0 Å². The molecular formula is C72H131NO18. The van der Waals surface area contributed by atoms with Crippen molar-refractivity contribution in [2.75, 3.05) is 26.4 Å². The fourth-order valence-corrected chi connectivity index (χ4v) is 12.3. The number of allylic oxidation sites excluding steroid dienone is 8. The van der Waals surface area contributed by atoms with E-state index in [0.29, 0.717) is 12.8 Å². The summed E-state index contributed by atoms with van der Waals surface area (Å²) >= 11 is 0. The van der Waals surface area contributed by atoms with Crippen LogP contribution in [-0.2, 0) is 33.2 Å². The van der Waals surface area contributed by atoms with Crippen LogP contribution in [-0.4, -0.2) is 193 Å². The summed E-state index contributed by atoms with van der Waals surface area (Å²) in [5.74, 6) is -0.282. The fraction of sp³-hybridized carbons (Fsp3) is 0.875. The molecule has 0 radical (unpaired) electrons. The zero-order valence-electron chi connectivity index (χ0n) is 56.3. The van der Waals surface area contributed by atoms with E-state index in [1.54, 1.807) is 0 Å². The van der Waals surface area contributed by atoms with E-state index in [1.165, 1.54) is 173 Å². The van der Waals surface area contributed by atoms with E-state index in [2.05, 4.69) is 67.8 Å². The number of carbonyl (C=O) groups is 1. The van der Waals surface area contributed by atoms with E-state index in [-0.39, 0.29) is 18.9 Å². The van der Waals surface area contributed by atoms with Crippen molar-refractivity contribution in [3.63, 3.8) is 0 Å². The first-order chi connectivity index (χ1) is 44.3. The summed E-state index contributed by atoms with van der Waals surface area (Å²) < 4.78 is 34.4. The van der Waals surface area contributed by atoms with Crippen LogP contribution in [0.2, 0.25) is 0 Å². The van der Waals surface area contributed by atoms with Gasteiger partial charge in [-0.15, -0.1) is 0 Å². The van der Waals surface area contributed by atoms with Crippen LogP contribution in [0.4, 0.5) is 0 Å². The standard InChI is InChI=1S/C72H131NO18/c1-3-5-7-9-11-13-15-17-19-20-21-22-23-24-25-26-27-28-29-30-31-32-33-34-36-37-39-41-43-45-47-49-56(77)55(73-60(78)50-48-46-44-42-40-38-35-18-16-14-12-10-8-6-4-2)54-86-70-66(84)63(81)68(58(52-75)88-70)91-72-67(85)64(82)69(59(53-76)89-72)90-71-65(83)62(80)61(79)57(51-74)87-71/h6,8,12,14,18,35,40,42,55-59,61-72,74-77,79-85H,3-5,7,9-11,13,15-17,19-34,36-39,41,43-54H2,1-2H3,(H,73,78)/b8-6-,14-12-,35-18-,42-40-. The summed E-state index contributed by atoms with van der Waals surface area (Å²) in [5.41, 5.74) is 0. The van der Waals surface area contributed by atoms with E-state index < -0.39 is 124 Å². The summed E-state index contributed by atoms with van der Waals surface area (Å²) in [6, 6.07) is -0.911. The summed E-state index contributed by atoms with van der Waals surface area (Å²) in [4.78, 5) is 13.4. The molecular weight excluding hydrogens is 1170 g/mol. The molecule has 1 amide bonds. The first kappa shape index (κ1) is 83.0. The number of hydrogen-bond donors (Lipinski definition) is 12. The van der Waals surface area contributed by atoms with Gasteiger partial charge in [0.25, 0.3) is 0 Å². The number of aliphatic hydroxyl groups excluding tert-OH is 11. The number of rotatable bonds is 56. The smallest absolute Gasteiger partial charge is 0.220 e. The van der Waals surface area contributed by atoms with Crippen molar-refractivity contribution in [3.05, 3.63) is 48.6 Å². The first-order valence-electron chi connectivity index (χ1n) is 36.4. The molecule has 19 nitrogen and oxygen atoms in total. The van der Waals surface area contributed by atoms with Crippen LogP contribution in [0, 0.1) is 0 Å². The van der Waals surface area contributed by atoms with Gasteiger partial charge in [-0.3, -0.25) is 4.79 Å². The molecule has 0 aromatic rings. The van der Waals surface area contributed by atoms with Crippen LogP contribution >= 0.6 is 0 Å². The van der Waals surface area contributed by atoms with Gasteiger partial charge in [-0.1, -0.05) is 262 Å². The largest absolute Gasteiger partial charge is 0.394 e. The van der Waals surface area contributed by atoms with Gasteiger partial charge >= 0.3 is 0 Å². The maximum absolute atomic E-state index is 13.4. The van der Waals surface area contributed by atoms with Crippen molar-refractivity contribution in [2.24, 2.45) is 0 Å². The zero-order valence-corrected chi connectivity index (χ0v) is 56.3. The van der Waals surface area contributed by atoms with E-state index in [4.69, 9.17) is 28.4 Å². The van der Waals surface area contributed by atoms with E-state index >= 15 is 0 Å². The SMILES string of the molecule is CC/C=C\C/C=C\C/C=C\C/C=C\CCCCC(=O)NC(COC1OC(CO)C(OC2OC(CO)C(OC3OC(CO)C(O)C(O)C3O)C(O)C2O)C(O)C1O)C(O)CCCCCCCCCCCCCCCCCCCCCCCCCCCCCCCCC. The van der Waals surface area contributed by atoms with Gasteiger partial charge < -0.3 is 89.9 Å². The van der Waals surface area contributed by atoms with Gasteiger partial charge in [-0.2, -0.15) is 0 Å². The summed E-state index contributed by atoms with van der Waals surface area (Å²) in [6.07, 6.45) is 37.9. The number of nitrogens with one attached hydrogen (secondary N) is 1. The molecule has 0 aliphatic carbocycles. The molecule has 3 heterocycles. The van der Waals surface area contributed by atoms with Crippen molar-refractivity contribution in [1.29, 1.82) is 0 Å². The lowest BCUT2D eigenvalue weighted by Gasteiger charge is -2.48. The molecule has 0 aromatic heterocycles. The third kappa shape index (κ3) is 35.5. The third-order valence-corrected chi connectivity index (χ3v) is 18.2. The topological polar surface area (TPSA) is 307 Å². The molecule has 0 bridgehead atoms. The Labute approximate surface area is 548 Å². The average Bonchev–Trinajstić information content (AvgIpc) is 0.883. The molecule has 91 heavy (non-hydrogen) atoms. The third-order valence-electron chi connectivity index (χ3n) is 18.2. The molecule has 17 unspecified atom stereocenters. The second-order valence-corrected chi connectivity index (χ2v) is 26.0. The maximum atomic E-state index is 13.4. The lowest BCUT2D eigenvalue weighted by atomic mass is 9.96. The molecule has 0 spiro atoms. The number of aliphatic hydroxyl groups is 11. The highest BCUT2D eigenvalue weighted by molar-refractivity contribution is 5.76. The van der Waals surface area contributed by atoms with Gasteiger partial charge in [0.15, 0.2) is 18.9 Å². The zero-order chi connectivity index (χ0) is 66.1. The molecule has 532 valence electrons. The van der Waals surface area contributed by atoms with Gasteiger partial charge in [-0.25, -0.2) is 0 Å². The molecule has 0 aromatic carbocycles. The molecule has 17 atom stereocenters. The van der Waals surface area contributed by atoms with E-state index in [1.807, 2.05) is 0 Å². The Morgan fingerprint density at radius 2 is 0.758 bits per heavy atom. The molecule has 0 saturated carbocycles. The van der Waals surface area contributed by atoms with Gasteiger partial charge in [0.05, 0.1) is 38.6 Å². The average molecular weight is 1300 g/mol. The monoisotopic (exact) mass is 1300 g/mol. The lowest BCUT2D eigenvalue weighted by Crippen LogP contribution is -2.66. The Morgan fingerprint density at radius 3 is 1.16 bits per heavy atom. The molecule has 3 aliphatic rings. The normalized spacial score (nSPS) is 28.1. The Bertz CT molecular complexity index is 1840. The van der Waals surface area contributed by atoms with Crippen molar-refractivity contribution in [1.82, 2.24) is 5.32 Å². The highest BCUT2D eigenvalue weighted by atomic mass is 16.8. The van der Waals surface area contributed by atoms with Crippen LogP contribution in [0.25, 0.3) is 0 Å². The lowest BCUT2D eigenvalue weighted by molar-refractivity contribution is -0.379. The highest BCUT2D eigenvalue weighted by Gasteiger charge is 2.53. The van der Waals surface area contributed by atoms with Gasteiger partial charge in [0.2, 0.25) is 5.91 Å². The molecule has 3 saturated heterocycles. The summed E-state index contributed by atoms with van der Waals surface area (Å²) in [5, 5.41) is 121. The molecule has 3 rings (SSSR count). The van der Waals surface area contributed by atoms with Crippen molar-refractivity contribution >= 4 is 5.91 Å². The van der Waals surface area contributed by atoms with E-state index in [9.17, 15) is 61.0 Å². The van der Waals surface area contributed by atoms with Crippen LogP contribution in [0.1, 0.15) is 271 Å². The van der Waals surface area contributed by atoms with Gasteiger partial charge in [0.1, 0.15) is 73.2 Å². The second kappa shape index (κ2) is 53.8. The van der Waals surface area contributed by atoms with Gasteiger partial charge in [-0.05, 0) is 51.4 Å². The Kier molecular flexibility index (Phi) is 49.1. The number of unbranched alkanes of at least 4 members (excludes halogenated alkanes) is 32. The minimum absolute atomic E-state index is 0.213. The number of ether oxygens (including phenoxy) is 6. The van der Waals surface area contributed by atoms with Crippen molar-refractivity contribution in [2.45, 2.75) is 375 Å². The second-order valence-electron chi connectivity index (χ2n) is 26.0. The first-order valence-corrected chi connectivity index (χ1v) is 36.4. The number of hydrogen-bond acceptors (Lipinski definition) is 18. The molecule has 12 N–H and O–H groups in total. The van der Waals surface area contributed by atoms with Crippen molar-refractivity contribution < 1.29 is 89.4 Å². The quantitative estimate of drug-likeness (QED) is 0.0199. The number of amides is 1. The van der Waals surface area contributed by atoms with Crippen LogP contribution in [0.5, 0.6) is 0 Å². The minimum Gasteiger partial charge on any atom is -0.394 e. The predicted molar refractivity (Wildman–Crippen MR) is 356 cm³/mol. The van der Waals surface area contributed by atoms with Crippen LogP contribution in [0.3, 0.4) is 0 Å². The van der Waals surface area contributed by atoms with Crippen LogP contribution < -0.4 is 5.32 Å². The summed E-state index contributed by atoms with van der Waals surface area (Å²) in [7, 11) is 0. The highest BCUT2D eigenvalue weighted by Crippen LogP contribution is 2.33. The Morgan fingerprint density at radius 1 is 0.407 bits per heavy atom. The van der Waals surface area contributed by atoms with Crippen LogP contribution in [0.15, 0.2) is 48.6 Å².